The van der Waals surface area contributed by atoms with Crippen molar-refractivity contribution in [2.75, 3.05) is 13.7 Å². The van der Waals surface area contributed by atoms with Crippen molar-refractivity contribution in [1.29, 1.82) is 0 Å². The molecule has 1 atom stereocenters. The maximum Gasteiger partial charge on any atom is 0.333 e. The number of phenolic OH excluding ortho intramolecular Hbond substituents is 1. The Labute approximate surface area is 162 Å². The molecular formula is C19H22N4O5. The van der Waals surface area contributed by atoms with Gasteiger partial charge in [-0.3, -0.25) is 9.59 Å². The van der Waals surface area contributed by atoms with Crippen molar-refractivity contribution in [2.24, 2.45) is 10.2 Å². The second kappa shape index (κ2) is 9.50. The molecule has 0 bridgehead atoms. The summed E-state index contributed by atoms with van der Waals surface area (Å²) in [6, 6.07) is 4.72. The minimum absolute atomic E-state index is 0.0279. The zero-order valence-corrected chi connectivity index (χ0v) is 15.5. The van der Waals surface area contributed by atoms with Crippen LogP contribution in [0.2, 0.25) is 0 Å². The van der Waals surface area contributed by atoms with E-state index in [4.69, 9.17) is 11.2 Å². The van der Waals surface area contributed by atoms with Gasteiger partial charge < -0.3 is 20.5 Å². The molecule has 1 aromatic carbocycles. The Morgan fingerprint density at radius 1 is 1.21 bits per heavy atom. The van der Waals surface area contributed by atoms with E-state index in [1.165, 1.54) is 31.4 Å². The average molecular weight is 386 g/mol. The third kappa shape index (κ3) is 6.09. The number of ether oxygens (including phenoxy) is 1. The lowest BCUT2D eigenvalue weighted by atomic mass is 10.0. The predicted octanol–water partition coefficient (Wildman–Crippen LogP) is 1.19. The van der Waals surface area contributed by atoms with Crippen LogP contribution >= 0.6 is 0 Å². The van der Waals surface area contributed by atoms with Gasteiger partial charge in [-0.05, 0) is 17.7 Å². The van der Waals surface area contributed by atoms with Crippen LogP contribution < -0.4 is 10.6 Å². The third-order valence-corrected chi connectivity index (χ3v) is 4.22. The molecule has 148 valence electrons. The monoisotopic (exact) mass is 386 g/mol. The Bertz CT molecular complexity index is 792. The van der Waals surface area contributed by atoms with Crippen LogP contribution in [-0.2, 0) is 19.1 Å². The third-order valence-electron chi connectivity index (χ3n) is 4.22. The summed E-state index contributed by atoms with van der Waals surface area (Å²) in [4.78, 5) is 36.0. The highest BCUT2D eigenvalue weighted by Gasteiger charge is 2.39. The van der Waals surface area contributed by atoms with Crippen molar-refractivity contribution >= 4 is 17.8 Å². The molecule has 28 heavy (non-hydrogen) atoms. The first-order valence-electron chi connectivity index (χ1n) is 8.69. The number of benzene rings is 1. The van der Waals surface area contributed by atoms with Crippen LogP contribution in [0.5, 0.6) is 5.75 Å². The number of nitrogens with zero attached hydrogens (tertiary/aromatic N) is 2. The maximum atomic E-state index is 12.1. The normalized spacial score (nSPS) is 14.4. The van der Waals surface area contributed by atoms with E-state index in [1.54, 1.807) is 0 Å². The molecule has 0 aromatic heterocycles. The lowest BCUT2D eigenvalue weighted by molar-refractivity contribution is -0.145. The van der Waals surface area contributed by atoms with Gasteiger partial charge in [0.25, 0.3) is 0 Å². The second-order valence-electron chi connectivity index (χ2n) is 6.28. The Hall–Kier alpha value is -3.41. The fourth-order valence-corrected chi connectivity index (χ4v) is 2.52. The summed E-state index contributed by atoms with van der Waals surface area (Å²) in [6.07, 6.45) is 6.94. The second-order valence-corrected chi connectivity index (χ2v) is 6.28. The van der Waals surface area contributed by atoms with Crippen LogP contribution in [0.1, 0.15) is 37.3 Å². The number of phenols is 1. The maximum absolute atomic E-state index is 12.1. The van der Waals surface area contributed by atoms with Gasteiger partial charge in [-0.2, -0.15) is 10.2 Å². The summed E-state index contributed by atoms with van der Waals surface area (Å²) in [5.74, 6) is 0.991. The highest BCUT2D eigenvalue weighted by atomic mass is 16.5. The van der Waals surface area contributed by atoms with Gasteiger partial charge in [0.05, 0.1) is 13.7 Å². The quantitative estimate of drug-likeness (QED) is 0.411. The highest BCUT2D eigenvalue weighted by molar-refractivity contribution is 5.88. The molecule has 1 aliphatic heterocycles. The number of hydrogen-bond acceptors (Lipinski definition) is 7. The lowest BCUT2D eigenvalue weighted by Gasteiger charge is -2.17. The van der Waals surface area contributed by atoms with E-state index in [0.29, 0.717) is 24.8 Å². The number of nitrogens with one attached hydrogen (secondary N) is 2. The summed E-state index contributed by atoms with van der Waals surface area (Å²) in [7, 11) is 1.20. The Morgan fingerprint density at radius 2 is 1.89 bits per heavy atom. The van der Waals surface area contributed by atoms with E-state index >= 15 is 0 Å². The fraction of sp³-hybridized carbons (Fsp3) is 0.421. The zero-order chi connectivity index (χ0) is 20.6. The number of carbonyl (C=O) groups excluding carboxylic acids is 3. The minimum Gasteiger partial charge on any atom is -0.508 e. The molecule has 2 amide bonds. The summed E-state index contributed by atoms with van der Waals surface area (Å²) in [6.45, 7) is -0.296. The molecule has 1 heterocycles. The molecule has 0 unspecified atom stereocenters. The molecule has 0 radical (unpaired) electrons. The summed E-state index contributed by atoms with van der Waals surface area (Å²) < 4.78 is 4.70. The predicted molar refractivity (Wildman–Crippen MR) is 98.9 cm³/mol. The van der Waals surface area contributed by atoms with Crippen molar-refractivity contribution in [3.05, 3.63) is 29.8 Å². The number of carbonyl (C=O) groups is 3. The summed E-state index contributed by atoms with van der Waals surface area (Å²) in [5, 5.41) is 22.2. The van der Waals surface area contributed by atoms with Crippen LogP contribution in [0.25, 0.3) is 0 Å². The van der Waals surface area contributed by atoms with Gasteiger partial charge in [0.15, 0.2) is 11.7 Å². The number of methoxy groups -OCH3 is 1. The van der Waals surface area contributed by atoms with Crippen LogP contribution in [0, 0.1) is 12.3 Å². The van der Waals surface area contributed by atoms with E-state index in [2.05, 4.69) is 26.8 Å². The first-order chi connectivity index (χ1) is 13.4. The number of terminal acetylenes is 1. The first kappa shape index (κ1) is 20.9. The van der Waals surface area contributed by atoms with Crippen LogP contribution in [0.15, 0.2) is 34.5 Å². The number of rotatable bonds is 10. The molecule has 0 fully saturated rings. The number of esters is 1. The van der Waals surface area contributed by atoms with Gasteiger partial charge in [0, 0.05) is 25.7 Å². The van der Waals surface area contributed by atoms with Gasteiger partial charge in [0.1, 0.15) is 5.75 Å². The van der Waals surface area contributed by atoms with Gasteiger partial charge in [-0.1, -0.05) is 12.1 Å². The van der Waals surface area contributed by atoms with Gasteiger partial charge in [-0.25, -0.2) is 4.79 Å². The van der Waals surface area contributed by atoms with Crippen LogP contribution in [-0.4, -0.2) is 42.2 Å². The van der Waals surface area contributed by atoms with E-state index in [-0.39, 0.29) is 24.6 Å². The van der Waals surface area contributed by atoms with Crippen molar-refractivity contribution in [3.8, 4) is 18.1 Å². The smallest absolute Gasteiger partial charge is 0.333 e. The van der Waals surface area contributed by atoms with Gasteiger partial charge in [0.2, 0.25) is 11.8 Å². The SMILES string of the molecule is C#CCCC1(CCC(=O)NCC(=O)N[C@@H](C(=O)OC)c2ccc(O)cc2)N=N1. The lowest BCUT2D eigenvalue weighted by Crippen LogP contribution is -2.41. The van der Waals surface area contributed by atoms with Crippen molar-refractivity contribution < 1.29 is 24.2 Å². The van der Waals surface area contributed by atoms with Gasteiger partial charge in [-0.15, -0.1) is 12.3 Å². The number of amides is 2. The fourth-order valence-electron chi connectivity index (χ4n) is 2.52. The molecule has 9 nitrogen and oxygen atoms in total. The average Bonchev–Trinajstić information content (AvgIpc) is 3.48. The van der Waals surface area contributed by atoms with Gasteiger partial charge >= 0.3 is 5.97 Å². The molecular weight excluding hydrogens is 364 g/mol. The summed E-state index contributed by atoms with van der Waals surface area (Å²) in [5.41, 5.74) is -0.113. The molecule has 1 aromatic rings. The molecule has 1 aliphatic rings. The molecule has 0 saturated heterocycles. The molecule has 9 heteroatoms. The largest absolute Gasteiger partial charge is 0.508 e. The summed E-state index contributed by atoms with van der Waals surface area (Å²) >= 11 is 0. The minimum atomic E-state index is -1.05. The van der Waals surface area contributed by atoms with Crippen molar-refractivity contribution in [2.45, 2.75) is 37.4 Å². The number of hydrogen-bond donors (Lipinski definition) is 3. The van der Waals surface area contributed by atoms with E-state index in [9.17, 15) is 19.5 Å². The standard InChI is InChI=1S/C19H22N4O5/c1-3-4-10-19(22-23-19)11-9-15(25)20-12-16(26)21-17(18(27)28-2)13-5-7-14(24)8-6-13/h1,5-8,17,24H,4,9-12H2,2H3,(H,20,25)(H,21,26)/t17-/m1/s1. The molecule has 0 aliphatic carbocycles. The molecule has 3 N–H and O–H groups in total. The van der Waals surface area contributed by atoms with E-state index in [0.717, 1.165) is 0 Å². The zero-order valence-electron chi connectivity index (χ0n) is 15.5. The number of aromatic hydroxyl groups is 1. The van der Waals surface area contributed by atoms with Crippen molar-refractivity contribution in [1.82, 2.24) is 10.6 Å². The highest BCUT2D eigenvalue weighted by Crippen LogP contribution is 2.37. The van der Waals surface area contributed by atoms with Crippen LogP contribution in [0.4, 0.5) is 0 Å². The van der Waals surface area contributed by atoms with Crippen LogP contribution in [0.3, 0.4) is 0 Å². The molecule has 0 saturated carbocycles. The Morgan fingerprint density at radius 3 is 2.46 bits per heavy atom. The van der Waals surface area contributed by atoms with Crippen molar-refractivity contribution in [3.63, 3.8) is 0 Å². The van der Waals surface area contributed by atoms with E-state index < -0.39 is 23.6 Å². The topological polar surface area (TPSA) is 129 Å². The molecule has 2 rings (SSSR count). The Kier molecular flexibility index (Phi) is 7.09. The van der Waals surface area contributed by atoms with E-state index in [1.807, 2.05) is 0 Å². The Balaban J connectivity index is 1.80. The molecule has 0 spiro atoms. The first-order valence-corrected chi connectivity index (χ1v) is 8.69.